The molecule has 2 rings (SSSR count). The van der Waals surface area contributed by atoms with E-state index in [-0.39, 0.29) is 11.7 Å². The first kappa shape index (κ1) is 14.1. The average Bonchev–Trinajstić information content (AvgIpc) is 2.40. The van der Waals surface area contributed by atoms with Crippen molar-refractivity contribution in [1.82, 2.24) is 0 Å². The Hall–Kier alpha value is -2.29. The lowest BCUT2D eigenvalue weighted by atomic mass is 10.0. The maximum atomic E-state index is 12.4. The van der Waals surface area contributed by atoms with Crippen molar-refractivity contribution in [2.75, 3.05) is 5.32 Å². The molecule has 0 saturated heterocycles. The molecule has 0 heterocycles. The van der Waals surface area contributed by atoms with Crippen molar-refractivity contribution in [1.29, 1.82) is 0 Å². The molecule has 20 heavy (non-hydrogen) atoms. The molecule has 0 radical (unpaired) electrons. The lowest BCUT2D eigenvalue weighted by Crippen LogP contribution is -2.15. The average molecular weight is 269 g/mol. The van der Waals surface area contributed by atoms with Crippen molar-refractivity contribution >= 4 is 11.6 Å². The molecule has 104 valence electrons. The molecular formula is C17H19NO2. The fraction of sp³-hybridized carbons (Fsp3) is 0.235. The quantitative estimate of drug-likeness (QED) is 0.889. The molecule has 2 N–H and O–H groups in total. The highest BCUT2D eigenvalue weighted by molar-refractivity contribution is 6.06. The predicted molar refractivity (Wildman–Crippen MR) is 81.4 cm³/mol. The molecule has 0 bridgehead atoms. The Morgan fingerprint density at radius 1 is 1.15 bits per heavy atom. The number of hydrogen-bond acceptors (Lipinski definition) is 2. The first-order chi connectivity index (χ1) is 9.52. The van der Waals surface area contributed by atoms with E-state index in [0.29, 0.717) is 5.56 Å². The van der Waals surface area contributed by atoms with Gasteiger partial charge in [-0.3, -0.25) is 4.79 Å². The number of para-hydroxylation sites is 1. The zero-order chi connectivity index (χ0) is 14.7. The second-order valence-corrected chi connectivity index (χ2v) is 4.92. The number of amides is 1. The van der Waals surface area contributed by atoms with Crippen LogP contribution < -0.4 is 5.32 Å². The molecule has 2 aromatic rings. The van der Waals surface area contributed by atoms with E-state index in [1.807, 2.05) is 32.0 Å². The van der Waals surface area contributed by atoms with Crippen LogP contribution in [0.1, 0.15) is 34.0 Å². The SMILES string of the molecule is CCc1cccc(C)c1NC(=O)c1ccc(O)cc1C. The van der Waals surface area contributed by atoms with Gasteiger partial charge < -0.3 is 10.4 Å². The van der Waals surface area contributed by atoms with Gasteiger partial charge in [0.05, 0.1) is 0 Å². The standard InChI is InChI=1S/C17H19NO2/c1-4-13-7-5-6-11(2)16(13)18-17(20)15-9-8-14(19)10-12(15)3/h5-10,19H,4H2,1-3H3,(H,18,20). The summed E-state index contributed by atoms with van der Waals surface area (Å²) in [5.74, 6) is 0.0238. The van der Waals surface area contributed by atoms with Crippen molar-refractivity contribution in [2.24, 2.45) is 0 Å². The van der Waals surface area contributed by atoms with Crippen molar-refractivity contribution in [3.63, 3.8) is 0 Å². The van der Waals surface area contributed by atoms with Crippen LogP contribution in [0.3, 0.4) is 0 Å². The molecular weight excluding hydrogens is 250 g/mol. The lowest BCUT2D eigenvalue weighted by molar-refractivity contribution is 0.102. The summed E-state index contributed by atoms with van der Waals surface area (Å²) in [5.41, 5.74) is 4.39. The van der Waals surface area contributed by atoms with Crippen LogP contribution in [-0.2, 0) is 6.42 Å². The van der Waals surface area contributed by atoms with Gasteiger partial charge in [-0.15, -0.1) is 0 Å². The van der Waals surface area contributed by atoms with E-state index in [2.05, 4.69) is 12.2 Å². The molecule has 0 fully saturated rings. The van der Waals surface area contributed by atoms with Crippen molar-refractivity contribution in [3.05, 3.63) is 58.7 Å². The lowest BCUT2D eigenvalue weighted by Gasteiger charge is -2.14. The number of hydrogen-bond donors (Lipinski definition) is 2. The summed E-state index contributed by atoms with van der Waals surface area (Å²) in [6.45, 7) is 5.86. The van der Waals surface area contributed by atoms with E-state index < -0.39 is 0 Å². The minimum absolute atomic E-state index is 0.147. The molecule has 1 amide bonds. The molecule has 3 nitrogen and oxygen atoms in total. The Morgan fingerprint density at radius 3 is 2.55 bits per heavy atom. The van der Waals surface area contributed by atoms with Crippen LogP contribution in [-0.4, -0.2) is 11.0 Å². The maximum Gasteiger partial charge on any atom is 0.255 e. The zero-order valence-electron chi connectivity index (χ0n) is 12.0. The van der Waals surface area contributed by atoms with Crippen molar-refractivity contribution in [2.45, 2.75) is 27.2 Å². The van der Waals surface area contributed by atoms with Gasteiger partial charge in [0.2, 0.25) is 0 Å². The van der Waals surface area contributed by atoms with Gasteiger partial charge in [-0.05, 0) is 55.2 Å². The fourth-order valence-corrected chi connectivity index (χ4v) is 2.29. The number of carbonyl (C=O) groups excluding carboxylic acids is 1. The molecule has 0 atom stereocenters. The van der Waals surface area contributed by atoms with Crippen LogP contribution in [0.2, 0.25) is 0 Å². The molecule has 2 aromatic carbocycles. The van der Waals surface area contributed by atoms with Gasteiger partial charge in [-0.2, -0.15) is 0 Å². The first-order valence-electron chi connectivity index (χ1n) is 6.72. The van der Waals surface area contributed by atoms with E-state index in [9.17, 15) is 9.90 Å². The highest BCUT2D eigenvalue weighted by atomic mass is 16.3. The summed E-state index contributed by atoms with van der Waals surface area (Å²) in [7, 11) is 0. The number of anilines is 1. The molecule has 0 spiro atoms. The van der Waals surface area contributed by atoms with Crippen LogP contribution in [0.5, 0.6) is 5.75 Å². The minimum atomic E-state index is -0.147. The van der Waals surface area contributed by atoms with E-state index in [1.165, 1.54) is 6.07 Å². The maximum absolute atomic E-state index is 12.4. The monoisotopic (exact) mass is 269 g/mol. The van der Waals surface area contributed by atoms with Crippen LogP contribution in [0, 0.1) is 13.8 Å². The third kappa shape index (κ3) is 2.82. The summed E-state index contributed by atoms with van der Waals surface area (Å²) >= 11 is 0. The van der Waals surface area contributed by atoms with E-state index in [1.54, 1.807) is 12.1 Å². The Kier molecular flexibility index (Phi) is 4.08. The Labute approximate surface area is 119 Å². The number of aryl methyl sites for hydroxylation is 3. The Morgan fingerprint density at radius 2 is 1.90 bits per heavy atom. The second-order valence-electron chi connectivity index (χ2n) is 4.92. The summed E-state index contributed by atoms with van der Waals surface area (Å²) in [5, 5.41) is 12.4. The van der Waals surface area contributed by atoms with Crippen molar-refractivity contribution < 1.29 is 9.90 Å². The molecule has 3 heteroatoms. The van der Waals surface area contributed by atoms with Crippen LogP contribution in [0.25, 0.3) is 0 Å². The summed E-state index contributed by atoms with van der Waals surface area (Å²) in [4.78, 5) is 12.4. The highest BCUT2D eigenvalue weighted by Crippen LogP contribution is 2.23. The Balaban J connectivity index is 2.33. The topological polar surface area (TPSA) is 49.3 Å². The van der Waals surface area contributed by atoms with Crippen LogP contribution in [0.4, 0.5) is 5.69 Å². The fourth-order valence-electron chi connectivity index (χ4n) is 2.29. The summed E-state index contributed by atoms with van der Waals surface area (Å²) < 4.78 is 0. The normalized spacial score (nSPS) is 10.3. The van der Waals surface area contributed by atoms with Crippen LogP contribution >= 0.6 is 0 Å². The zero-order valence-corrected chi connectivity index (χ0v) is 12.0. The van der Waals surface area contributed by atoms with Gasteiger partial charge in [-0.25, -0.2) is 0 Å². The van der Waals surface area contributed by atoms with Gasteiger partial charge in [0.15, 0.2) is 0 Å². The molecule has 0 aliphatic carbocycles. The summed E-state index contributed by atoms with van der Waals surface area (Å²) in [6.07, 6.45) is 0.867. The number of nitrogens with one attached hydrogen (secondary N) is 1. The molecule has 0 saturated carbocycles. The van der Waals surface area contributed by atoms with Gasteiger partial charge in [-0.1, -0.05) is 25.1 Å². The molecule has 0 aliphatic heterocycles. The number of carbonyl (C=O) groups is 1. The second kappa shape index (κ2) is 5.78. The molecule has 0 unspecified atom stereocenters. The highest BCUT2D eigenvalue weighted by Gasteiger charge is 2.12. The first-order valence-corrected chi connectivity index (χ1v) is 6.72. The summed E-state index contributed by atoms with van der Waals surface area (Å²) in [6, 6.07) is 10.8. The largest absolute Gasteiger partial charge is 0.508 e. The number of aromatic hydroxyl groups is 1. The third-order valence-electron chi connectivity index (χ3n) is 3.43. The molecule has 0 aromatic heterocycles. The van der Waals surface area contributed by atoms with Gasteiger partial charge >= 0.3 is 0 Å². The van der Waals surface area contributed by atoms with Gasteiger partial charge in [0.25, 0.3) is 5.91 Å². The number of rotatable bonds is 3. The van der Waals surface area contributed by atoms with Gasteiger partial charge in [0.1, 0.15) is 5.75 Å². The molecule has 0 aliphatic rings. The van der Waals surface area contributed by atoms with E-state index in [4.69, 9.17) is 0 Å². The predicted octanol–water partition coefficient (Wildman–Crippen LogP) is 3.82. The number of phenolic OH excluding ortho intramolecular Hbond substituents is 1. The smallest absolute Gasteiger partial charge is 0.255 e. The number of phenols is 1. The number of benzene rings is 2. The minimum Gasteiger partial charge on any atom is -0.508 e. The van der Waals surface area contributed by atoms with Crippen molar-refractivity contribution in [3.8, 4) is 5.75 Å². The van der Waals surface area contributed by atoms with E-state index in [0.717, 1.165) is 28.8 Å². The third-order valence-corrected chi connectivity index (χ3v) is 3.43. The van der Waals surface area contributed by atoms with E-state index >= 15 is 0 Å². The van der Waals surface area contributed by atoms with Crippen LogP contribution in [0.15, 0.2) is 36.4 Å². The van der Waals surface area contributed by atoms with Gasteiger partial charge in [0, 0.05) is 11.3 Å². The Bertz CT molecular complexity index is 647.